The highest BCUT2D eigenvalue weighted by molar-refractivity contribution is 5.15. The van der Waals surface area contributed by atoms with Gasteiger partial charge in [0, 0.05) is 0 Å². The normalized spacial score (nSPS) is 24.0. The third-order valence-electron chi connectivity index (χ3n) is 4.36. The molecule has 0 aromatic carbocycles. The van der Waals surface area contributed by atoms with E-state index in [0.29, 0.717) is 0 Å². The van der Waals surface area contributed by atoms with Crippen LogP contribution >= 0.6 is 0 Å². The lowest BCUT2D eigenvalue weighted by Crippen LogP contribution is -2.32. The second-order valence-electron chi connectivity index (χ2n) is 6.94. The van der Waals surface area contributed by atoms with E-state index in [1.54, 1.807) is 0 Å². The Morgan fingerprint density at radius 3 is 2.52 bits per heavy atom. The Balaban J connectivity index is 2.87. The molecule has 118 valence electrons. The van der Waals surface area contributed by atoms with Crippen LogP contribution in [-0.2, 0) is 0 Å². The van der Waals surface area contributed by atoms with Crippen molar-refractivity contribution in [2.75, 3.05) is 0 Å². The lowest BCUT2D eigenvalue weighted by Gasteiger charge is -2.30. The van der Waals surface area contributed by atoms with Gasteiger partial charge < -0.3 is 5.11 Å². The predicted molar refractivity (Wildman–Crippen MR) is 93.3 cm³/mol. The molecular formula is C20H32O. The summed E-state index contributed by atoms with van der Waals surface area (Å²) in [5.41, 5.74) is 3.40. The summed E-state index contributed by atoms with van der Waals surface area (Å²) in [5, 5.41) is 10.8. The van der Waals surface area contributed by atoms with Crippen molar-refractivity contribution in [2.24, 2.45) is 5.92 Å². The highest BCUT2D eigenvalue weighted by Gasteiger charge is 2.28. The van der Waals surface area contributed by atoms with Crippen LogP contribution in [0.4, 0.5) is 0 Å². The molecule has 21 heavy (non-hydrogen) atoms. The Morgan fingerprint density at radius 1 is 1.19 bits per heavy atom. The molecule has 2 unspecified atom stereocenters. The van der Waals surface area contributed by atoms with E-state index >= 15 is 0 Å². The first-order valence-corrected chi connectivity index (χ1v) is 8.17. The van der Waals surface area contributed by atoms with Gasteiger partial charge in [-0.3, -0.25) is 0 Å². The zero-order valence-electron chi connectivity index (χ0n) is 14.4. The van der Waals surface area contributed by atoms with Gasteiger partial charge in [-0.1, -0.05) is 47.1 Å². The van der Waals surface area contributed by atoms with Gasteiger partial charge in [0.25, 0.3) is 0 Å². The SMILES string of the molecule is CC(C)=CC=CC(C)(O)C1CC=C(C)CCC=C(C)CC1. The second kappa shape index (κ2) is 8.38. The smallest absolute Gasteiger partial charge is 0.0833 e. The van der Waals surface area contributed by atoms with Crippen LogP contribution in [0, 0.1) is 5.92 Å². The molecule has 0 saturated carbocycles. The highest BCUT2D eigenvalue weighted by atomic mass is 16.3. The summed E-state index contributed by atoms with van der Waals surface area (Å²) in [7, 11) is 0. The monoisotopic (exact) mass is 288 g/mol. The number of hydrogen-bond donors (Lipinski definition) is 1. The Bertz CT molecular complexity index is 442. The highest BCUT2D eigenvalue weighted by Crippen LogP contribution is 2.30. The summed E-state index contributed by atoms with van der Waals surface area (Å²) in [6, 6.07) is 0. The largest absolute Gasteiger partial charge is 0.386 e. The molecule has 0 radical (unpaired) electrons. The molecule has 1 nitrogen and oxygen atoms in total. The fraction of sp³-hybridized carbons (Fsp3) is 0.600. The van der Waals surface area contributed by atoms with Crippen LogP contribution in [0.5, 0.6) is 0 Å². The van der Waals surface area contributed by atoms with E-state index in [1.165, 1.54) is 16.7 Å². The number of aliphatic hydroxyl groups is 1. The number of hydrogen-bond acceptors (Lipinski definition) is 1. The molecular weight excluding hydrogens is 256 g/mol. The van der Waals surface area contributed by atoms with Crippen LogP contribution in [0.3, 0.4) is 0 Å². The van der Waals surface area contributed by atoms with Crippen molar-refractivity contribution in [3.05, 3.63) is 47.1 Å². The lowest BCUT2D eigenvalue weighted by atomic mass is 9.81. The van der Waals surface area contributed by atoms with Crippen molar-refractivity contribution in [3.63, 3.8) is 0 Å². The van der Waals surface area contributed by atoms with Gasteiger partial charge in [0.05, 0.1) is 5.60 Å². The van der Waals surface area contributed by atoms with E-state index in [1.807, 2.05) is 19.1 Å². The number of rotatable bonds is 3. The maximum Gasteiger partial charge on any atom is 0.0833 e. The molecule has 0 aliphatic heterocycles. The molecule has 0 amide bonds. The first-order chi connectivity index (χ1) is 9.81. The van der Waals surface area contributed by atoms with Crippen LogP contribution in [-0.4, -0.2) is 10.7 Å². The Morgan fingerprint density at radius 2 is 1.86 bits per heavy atom. The molecule has 1 aliphatic carbocycles. The third kappa shape index (κ3) is 6.95. The molecule has 1 aliphatic rings. The van der Waals surface area contributed by atoms with Crippen molar-refractivity contribution < 1.29 is 5.11 Å². The van der Waals surface area contributed by atoms with Crippen molar-refractivity contribution >= 4 is 0 Å². The Labute approximate surface area is 131 Å². The third-order valence-corrected chi connectivity index (χ3v) is 4.36. The van der Waals surface area contributed by atoms with Gasteiger partial charge in [-0.25, -0.2) is 0 Å². The molecule has 0 aromatic rings. The van der Waals surface area contributed by atoms with E-state index in [-0.39, 0.29) is 5.92 Å². The van der Waals surface area contributed by atoms with Gasteiger partial charge in [-0.15, -0.1) is 0 Å². The molecule has 0 saturated heterocycles. The van der Waals surface area contributed by atoms with Gasteiger partial charge in [0.1, 0.15) is 0 Å². The van der Waals surface area contributed by atoms with Crippen molar-refractivity contribution in [1.29, 1.82) is 0 Å². The van der Waals surface area contributed by atoms with Crippen LogP contribution < -0.4 is 0 Å². The van der Waals surface area contributed by atoms with E-state index in [0.717, 1.165) is 32.1 Å². The molecule has 2 atom stereocenters. The van der Waals surface area contributed by atoms with Crippen LogP contribution in [0.2, 0.25) is 0 Å². The number of allylic oxidation sites excluding steroid dienone is 7. The van der Waals surface area contributed by atoms with E-state index in [9.17, 15) is 5.11 Å². The van der Waals surface area contributed by atoms with Crippen LogP contribution in [0.15, 0.2) is 47.1 Å². The topological polar surface area (TPSA) is 20.2 Å². The minimum Gasteiger partial charge on any atom is -0.386 e. The molecule has 0 spiro atoms. The summed E-state index contributed by atoms with van der Waals surface area (Å²) in [6.45, 7) is 10.5. The maximum atomic E-state index is 10.8. The second-order valence-corrected chi connectivity index (χ2v) is 6.94. The molecule has 0 heterocycles. The lowest BCUT2D eigenvalue weighted by molar-refractivity contribution is 0.0430. The van der Waals surface area contributed by atoms with Crippen molar-refractivity contribution in [1.82, 2.24) is 0 Å². The molecule has 0 bridgehead atoms. The van der Waals surface area contributed by atoms with Crippen molar-refractivity contribution in [3.8, 4) is 0 Å². The quantitative estimate of drug-likeness (QED) is 0.519. The molecule has 0 aromatic heterocycles. The summed E-state index contributed by atoms with van der Waals surface area (Å²) >= 11 is 0. The fourth-order valence-electron chi connectivity index (χ4n) is 2.72. The average Bonchev–Trinajstić information content (AvgIpc) is 2.37. The Kier molecular flexibility index (Phi) is 7.17. The summed E-state index contributed by atoms with van der Waals surface area (Å²) in [6.07, 6.45) is 16.1. The van der Waals surface area contributed by atoms with Gasteiger partial charge in [0.15, 0.2) is 0 Å². The molecule has 0 fully saturated rings. The van der Waals surface area contributed by atoms with Gasteiger partial charge >= 0.3 is 0 Å². The predicted octanol–water partition coefficient (Wildman–Crippen LogP) is 5.73. The average molecular weight is 288 g/mol. The summed E-state index contributed by atoms with van der Waals surface area (Å²) in [4.78, 5) is 0. The molecule has 1 heteroatoms. The fourth-order valence-corrected chi connectivity index (χ4v) is 2.72. The van der Waals surface area contributed by atoms with E-state index < -0.39 is 5.60 Å². The minimum atomic E-state index is -0.748. The van der Waals surface area contributed by atoms with Gasteiger partial charge in [-0.05, 0) is 72.6 Å². The van der Waals surface area contributed by atoms with Gasteiger partial charge in [-0.2, -0.15) is 0 Å². The van der Waals surface area contributed by atoms with Crippen LogP contribution in [0.25, 0.3) is 0 Å². The summed E-state index contributed by atoms with van der Waals surface area (Å²) in [5.74, 6) is 0.274. The Hall–Kier alpha value is -1.08. The van der Waals surface area contributed by atoms with E-state index in [2.05, 4.69) is 45.9 Å². The molecule has 1 rings (SSSR count). The molecule has 1 N–H and O–H groups in total. The van der Waals surface area contributed by atoms with Crippen molar-refractivity contribution in [2.45, 2.75) is 72.3 Å². The van der Waals surface area contributed by atoms with E-state index in [4.69, 9.17) is 0 Å². The zero-order valence-corrected chi connectivity index (χ0v) is 14.4. The first kappa shape index (κ1) is 18.0. The first-order valence-electron chi connectivity index (χ1n) is 8.17. The van der Waals surface area contributed by atoms with Crippen LogP contribution in [0.1, 0.15) is 66.7 Å². The minimum absolute atomic E-state index is 0.274. The summed E-state index contributed by atoms with van der Waals surface area (Å²) < 4.78 is 0. The standard InChI is InChI=1S/C20H32O/c1-16(2)8-7-15-20(5,21)19-13-11-17(3)9-6-10-18(4)12-14-19/h7-9,12,15,19,21H,6,10-11,13-14H2,1-5H3. The van der Waals surface area contributed by atoms with Gasteiger partial charge in [0.2, 0.25) is 0 Å². The maximum absolute atomic E-state index is 10.8. The zero-order chi connectivity index (χ0) is 15.9.